The number of carbonyl (C=O) groups is 1. The molecule has 0 saturated carbocycles. The summed E-state index contributed by atoms with van der Waals surface area (Å²) >= 11 is 5.71. The standard InChI is InChI=1S/C13H19ClN2O4S.ClH/c1-20-8-6-15-10-13(17)16-7-9-21(18,19)12-4-2-11(14)3-5-12;/h2-5,15H,6-10H2,1H3,(H,16,17);1H. The molecule has 0 aliphatic heterocycles. The van der Waals surface area contributed by atoms with Gasteiger partial charge in [-0.15, -0.1) is 12.4 Å². The van der Waals surface area contributed by atoms with Gasteiger partial charge in [-0.25, -0.2) is 8.42 Å². The van der Waals surface area contributed by atoms with Crippen LogP contribution in [-0.4, -0.2) is 53.4 Å². The third-order valence-electron chi connectivity index (χ3n) is 2.63. The Balaban J connectivity index is 0.00000441. The van der Waals surface area contributed by atoms with Gasteiger partial charge in [-0.1, -0.05) is 11.6 Å². The van der Waals surface area contributed by atoms with Gasteiger partial charge in [0.05, 0.1) is 23.8 Å². The molecule has 0 atom stereocenters. The van der Waals surface area contributed by atoms with Crippen LogP contribution >= 0.6 is 24.0 Å². The van der Waals surface area contributed by atoms with Crippen LogP contribution in [0.2, 0.25) is 5.02 Å². The second-order valence-electron chi connectivity index (χ2n) is 4.29. The second-order valence-corrected chi connectivity index (χ2v) is 6.84. The Bertz CT molecular complexity index is 550. The summed E-state index contributed by atoms with van der Waals surface area (Å²) in [5.74, 6) is -0.407. The van der Waals surface area contributed by atoms with Crippen molar-refractivity contribution in [3.63, 3.8) is 0 Å². The third-order valence-corrected chi connectivity index (χ3v) is 4.62. The molecule has 0 aliphatic rings. The van der Waals surface area contributed by atoms with Crippen LogP contribution in [0.1, 0.15) is 0 Å². The van der Waals surface area contributed by atoms with Crippen molar-refractivity contribution in [1.29, 1.82) is 0 Å². The minimum Gasteiger partial charge on any atom is -0.383 e. The van der Waals surface area contributed by atoms with Crippen molar-refractivity contribution in [2.45, 2.75) is 4.90 Å². The average molecular weight is 371 g/mol. The lowest BCUT2D eigenvalue weighted by molar-refractivity contribution is -0.120. The minimum absolute atomic E-state index is 0. The Morgan fingerprint density at radius 1 is 1.23 bits per heavy atom. The molecule has 1 amide bonds. The van der Waals surface area contributed by atoms with Crippen molar-refractivity contribution < 1.29 is 17.9 Å². The highest BCUT2D eigenvalue weighted by Gasteiger charge is 2.14. The van der Waals surface area contributed by atoms with Crippen LogP contribution in [0.5, 0.6) is 0 Å². The number of sulfone groups is 1. The molecule has 0 aliphatic carbocycles. The molecule has 0 heterocycles. The summed E-state index contributed by atoms with van der Waals surface area (Å²) in [7, 11) is -1.84. The number of benzene rings is 1. The van der Waals surface area contributed by atoms with Gasteiger partial charge in [0.1, 0.15) is 0 Å². The molecule has 0 bridgehead atoms. The zero-order chi connectivity index (χ0) is 15.7. The van der Waals surface area contributed by atoms with Gasteiger partial charge in [0.25, 0.3) is 0 Å². The molecule has 0 radical (unpaired) electrons. The molecular weight excluding hydrogens is 351 g/mol. The smallest absolute Gasteiger partial charge is 0.233 e. The molecule has 0 saturated heterocycles. The Hall–Kier alpha value is -0.860. The van der Waals surface area contributed by atoms with E-state index in [1.165, 1.54) is 24.3 Å². The van der Waals surface area contributed by atoms with Crippen molar-refractivity contribution in [1.82, 2.24) is 10.6 Å². The molecule has 1 aromatic rings. The minimum atomic E-state index is -3.42. The summed E-state index contributed by atoms with van der Waals surface area (Å²) in [6.07, 6.45) is 0. The van der Waals surface area contributed by atoms with E-state index < -0.39 is 9.84 Å². The predicted octanol–water partition coefficient (Wildman–Crippen LogP) is 0.888. The van der Waals surface area contributed by atoms with E-state index in [1.807, 2.05) is 0 Å². The number of hydrogen-bond donors (Lipinski definition) is 2. The topological polar surface area (TPSA) is 84.5 Å². The lowest BCUT2D eigenvalue weighted by Gasteiger charge is -2.07. The molecule has 0 aromatic heterocycles. The normalized spacial score (nSPS) is 10.8. The first kappa shape index (κ1) is 21.1. The average Bonchev–Trinajstić information content (AvgIpc) is 2.44. The molecule has 126 valence electrons. The first-order chi connectivity index (χ1) is 9.95. The van der Waals surface area contributed by atoms with Crippen LogP contribution in [0.15, 0.2) is 29.2 Å². The van der Waals surface area contributed by atoms with Crippen molar-refractivity contribution >= 4 is 39.8 Å². The summed E-state index contributed by atoms with van der Waals surface area (Å²) in [6, 6.07) is 5.94. The number of methoxy groups -OCH3 is 1. The van der Waals surface area contributed by atoms with Crippen molar-refractivity contribution in [3.05, 3.63) is 29.3 Å². The molecule has 2 N–H and O–H groups in total. The van der Waals surface area contributed by atoms with Crippen LogP contribution in [0.25, 0.3) is 0 Å². The highest BCUT2D eigenvalue weighted by atomic mass is 35.5. The van der Waals surface area contributed by atoms with Gasteiger partial charge in [0, 0.05) is 25.2 Å². The molecule has 0 spiro atoms. The van der Waals surface area contributed by atoms with Crippen molar-refractivity contribution in [2.24, 2.45) is 0 Å². The Kier molecular flexibility index (Phi) is 10.4. The van der Waals surface area contributed by atoms with Gasteiger partial charge in [-0.3, -0.25) is 4.79 Å². The fourth-order valence-electron chi connectivity index (χ4n) is 1.52. The Morgan fingerprint density at radius 2 is 1.86 bits per heavy atom. The number of halogens is 2. The molecular formula is C13H20Cl2N2O4S. The fourth-order valence-corrected chi connectivity index (χ4v) is 2.81. The monoisotopic (exact) mass is 370 g/mol. The molecule has 1 rings (SSSR count). The number of rotatable bonds is 9. The van der Waals surface area contributed by atoms with Crippen LogP contribution in [0, 0.1) is 0 Å². The Labute approximate surface area is 141 Å². The summed E-state index contributed by atoms with van der Waals surface area (Å²) in [5.41, 5.74) is 0. The van der Waals surface area contributed by atoms with Crippen molar-refractivity contribution in [3.8, 4) is 0 Å². The summed E-state index contributed by atoms with van der Waals surface area (Å²) in [4.78, 5) is 11.6. The maximum absolute atomic E-state index is 12.0. The Morgan fingerprint density at radius 3 is 2.45 bits per heavy atom. The molecule has 9 heteroatoms. The van der Waals surface area contributed by atoms with Crippen LogP contribution < -0.4 is 10.6 Å². The molecule has 1 aromatic carbocycles. The number of hydrogen-bond acceptors (Lipinski definition) is 5. The van der Waals surface area contributed by atoms with E-state index >= 15 is 0 Å². The zero-order valence-corrected chi connectivity index (χ0v) is 14.6. The molecule has 0 fully saturated rings. The van der Waals surface area contributed by atoms with E-state index in [4.69, 9.17) is 16.3 Å². The van der Waals surface area contributed by atoms with E-state index in [0.29, 0.717) is 18.2 Å². The van der Waals surface area contributed by atoms with Crippen LogP contribution in [-0.2, 0) is 19.4 Å². The highest BCUT2D eigenvalue weighted by Crippen LogP contribution is 2.14. The lowest BCUT2D eigenvalue weighted by atomic mass is 10.4. The van der Waals surface area contributed by atoms with Gasteiger partial charge < -0.3 is 15.4 Å². The molecule has 0 unspecified atom stereocenters. The van der Waals surface area contributed by atoms with E-state index in [0.717, 1.165) is 0 Å². The maximum atomic E-state index is 12.0. The van der Waals surface area contributed by atoms with Gasteiger partial charge in [-0.05, 0) is 24.3 Å². The van der Waals surface area contributed by atoms with E-state index in [2.05, 4.69) is 10.6 Å². The van der Waals surface area contributed by atoms with Crippen LogP contribution in [0.4, 0.5) is 0 Å². The van der Waals surface area contributed by atoms with Crippen molar-refractivity contribution in [2.75, 3.05) is 39.1 Å². The predicted molar refractivity (Wildman–Crippen MR) is 88.5 cm³/mol. The van der Waals surface area contributed by atoms with Gasteiger partial charge in [-0.2, -0.15) is 0 Å². The number of ether oxygens (including phenoxy) is 1. The number of amides is 1. The lowest BCUT2D eigenvalue weighted by Crippen LogP contribution is -2.37. The van der Waals surface area contributed by atoms with Gasteiger partial charge >= 0.3 is 0 Å². The van der Waals surface area contributed by atoms with E-state index in [1.54, 1.807) is 7.11 Å². The van der Waals surface area contributed by atoms with E-state index in [-0.39, 0.29) is 42.1 Å². The quantitative estimate of drug-likeness (QED) is 0.630. The number of nitrogens with one attached hydrogen (secondary N) is 2. The summed E-state index contributed by atoms with van der Waals surface area (Å²) < 4.78 is 28.8. The van der Waals surface area contributed by atoms with E-state index in [9.17, 15) is 13.2 Å². The molecule has 6 nitrogen and oxygen atoms in total. The number of carbonyl (C=O) groups excluding carboxylic acids is 1. The van der Waals surface area contributed by atoms with Gasteiger partial charge in [0.15, 0.2) is 9.84 Å². The first-order valence-electron chi connectivity index (χ1n) is 6.40. The highest BCUT2D eigenvalue weighted by molar-refractivity contribution is 7.91. The van der Waals surface area contributed by atoms with Gasteiger partial charge in [0.2, 0.25) is 5.91 Å². The maximum Gasteiger partial charge on any atom is 0.233 e. The second kappa shape index (κ2) is 10.8. The zero-order valence-electron chi connectivity index (χ0n) is 12.2. The fraction of sp³-hybridized carbons (Fsp3) is 0.462. The molecule has 22 heavy (non-hydrogen) atoms. The summed E-state index contributed by atoms with van der Waals surface area (Å²) in [6.45, 7) is 1.27. The van der Waals surface area contributed by atoms with Crippen LogP contribution in [0.3, 0.4) is 0 Å². The SMILES string of the molecule is COCCNCC(=O)NCCS(=O)(=O)c1ccc(Cl)cc1.Cl. The summed E-state index contributed by atoms with van der Waals surface area (Å²) in [5, 5.41) is 5.90. The first-order valence-corrected chi connectivity index (χ1v) is 8.43. The largest absolute Gasteiger partial charge is 0.383 e. The third kappa shape index (κ3) is 7.95.